The summed E-state index contributed by atoms with van der Waals surface area (Å²) in [5, 5.41) is 8.76. The van der Waals surface area contributed by atoms with Gasteiger partial charge in [-0.3, -0.25) is 4.79 Å². The summed E-state index contributed by atoms with van der Waals surface area (Å²) in [6, 6.07) is 3.00. The van der Waals surface area contributed by atoms with Crippen LogP contribution in [0.15, 0.2) is 18.2 Å². The first-order valence-corrected chi connectivity index (χ1v) is 5.44. The number of halogens is 3. The highest BCUT2D eigenvalue weighted by Gasteiger charge is 2.31. The van der Waals surface area contributed by atoms with Gasteiger partial charge in [-0.1, -0.05) is 19.9 Å². The summed E-state index contributed by atoms with van der Waals surface area (Å²) in [4.78, 5) is 10.7. The smallest absolute Gasteiger partial charge is 0.304 e. The summed E-state index contributed by atoms with van der Waals surface area (Å²) < 4.78 is 40.0. The number of benzene rings is 1. The van der Waals surface area contributed by atoms with Crippen LogP contribution in [0.3, 0.4) is 0 Å². The minimum atomic E-state index is -3.08. The molecule has 0 saturated carbocycles. The van der Waals surface area contributed by atoms with Crippen molar-refractivity contribution < 1.29 is 23.1 Å². The Morgan fingerprint density at radius 3 is 2.28 bits per heavy atom. The lowest BCUT2D eigenvalue weighted by Gasteiger charge is -2.25. The molecule has 0 unspecified atom stereocenters. The molecule has 0 saturated heterocycles. The molecule has 1 N–H and O–H groups in total. The fraction of sp³-hybridized carbons (Fsp3) is 0.462. The zero-order chi connectivity index (χ0) is 14.1. The molecule has 1 aromatic rings. The van der Waals surface area contributed by atoms with Crippen molar-refractivity contribution in [2.24, 2.45) is 0 Å². The summed E-state index contributed by atoms with van der Waals surface area (Å²) in [5.74, 6) is -4.86. The van der Waals surface area contributed by atoms with E-state index in [2.05, 4.69) is 0 Å². The first-order chi connectivity index (χ1) is 8.04. The van der Waals surface area contributed by atoms with Gasteiger partial charge in [0.05, 0.1) is 6.42 Å². The average Bonchev–Trinajstić information content (AvgIpc) is 2.13. The molecule has 0 aromatic heterocycles. The molecule has 2 nitrogen and oxygen atoms in total. The van der Waals surface area contributed by atoms with Gasteiger partial charge in [-0.25, -0.2) is 13.2 Å². The molecular weight excluding hydrogens is 245 g/mol. The van der Waals surface area contributed by atoms with E-state index < -0.39 is 23.1 Å². The van der Waals surface area contributed by atoms with Gasteiger partial charge in [0.25, 0.3) is 5.92 Å². The van der Waals surface area contributed by atoms with Crippen molar-refractivity contribution in [3.8, 4) is 0 Å². The number of aliphatic carboxylic acids is 1. The third kappa shape index (κ3) is 3.24. The van der Waals surface area contributed by atoms with Crippen molar-refractivity contribution in [3.05, 3.63) is 35.1 Å². The average molecular weight is 260 g/mol. The maximum absolute atomic E-state index is 13.7. The lowest BCUT2D eigenvalue weighted by atomic mass is 9.80. The topological polar surface area (TPSA) is 37.3 Å². The highest BCUT2D eigenvalue weighted by Crippen LogP contribution is 2.34. The van der Waals surface area contributed by atoms with Gasteiger partial charge < -0.3 is 5.11 Å². The molecule has 0 aliphatic heterocycles. The number of carboxylic acids is 1. The first-order valence-electron chi connectivity index (χ1n) is 5.44. The van der Waals surface area contributed by atoms with Crippen molar-refractivity contribution in [2.45, 2.75) is 38.5 Å². The molecule has 18 heavy (non-hydrogen) atoms. The van der Waals surface area contributed by atoms with Crippen LogP contribution in [-0.4, -0.2) is 11.1 Å². The quantitative estimate of drug-likeness (QED) is 0.896. The summed E-state index contributed by atoms with van der Waals surface area (Å²) in [5.41, 5.74) is -1.38. The molecule has 0 aliphatic carbocycles. The molecule has 0 spiro atoms. The van der Waals surface area contributed by atoms with Crippen molar-refractivity contribution in [3.63, 3.8) is 0 Å². The van der Waals surface area contributed by atoms with E-state index in [1.54, 1.807) is 0 Å². The van der Waals surface area contributed by atoms with E-state index in [1.165, 1.54) is 13.8 Å². The Morgan fingerprint density at radius 1 is 1.28 bits per heavy atom. The predicted molar refractivity (Wildman–Crippen MR) is 61.2 cm³/mol. The number of alkyl halides is 2. The van der Waals surface area contributed by atoms with E-state index in [1.807, 2.05) is 0 Å². The number of rotatable bonds is 4. The van der Waals surface area contributed by atoms with Crippen LogP contribution >= 0.6 is 0 Å². The van der Waals surface area contributed by atoms with E-state index >= 15 is 0 Å². The highest BCUT2D eigenvalue weighted by molar-refractivity contribution is 5.69. The van der Waals surface area contributed by atoms with Crippen LogP contribution in [0.4, 0.5) is 13.2 Å². The minimum Gasteiger partial charge on any atom is -0.481 e. The van der Waals surface area contributed by atoms with Crippen LogP contribution in [-0.2, 0) is 16.1 Å². The molecule has 5 heteroatoms. The number of carboxylic acid groups (broad SMARTS) is 1. The number of hydrogen-bond donors (Lipinski definition) is 1. The predicted octanol–water partition coefficient (Wildman–Crippen LogP) is 3.69. The lowest BCUT2D eigenvalue weighted by molar-refractivity contribution is -0.138. The van der Waals surface area contributed by atoms with Crippen LogP contribution in [0.25, 0.3) is 0 Å². The van der Waals surface area contributed by atoms with Crippen LogP contribution in [0.2, 0.25) is 0 Å². The molecule has 1 aromatic carbocycles. The second kappa shape index (κ2) is 4.63. The Morgan fingerprint density at radius 2 is 1.83 bits per heavy atom. The molecule has 0 heterocycles. The molecule has 0 radical (unpaired) electrons. The second-order valence-electron chi connectivity index (χ2n) is 5.04. The molecular formula is C13H15F3O2. The van der Waals surface area contributed by atoms with Crippen molar-refractivity contribution in [1.29, 1.82) is 0 Å². The van der Waals surface area contributed by atoms with Gasteiger partial charge in [-0.15, -0.1) is 0 Å². The highest BCUT2D eigenvalue weighted by atomic mass is 19.3. The van der Waals surface area contributed by atoms with E-state index in [4.69, 9.17) is 5.11 Å². The molecule has 0 amide bonds. The maximum atomic E-state index is 13.7. The lowest BCUT2D eigenvalue weighted by Crippen LogP contribution is -2.24. The zero-order valence-corrected chi connectivity index (χ0v) is 10.4. The van der Waals surface area contributed by atoms with Crippen molar-refractivity contribution >= 4 is 5.97 Å². The SMILES string of the molecule is CC(F)(F)c1ccc(F)c(C(C)(C)CC(=O)O)c1. The fourth-order valence-electron chi connectivity index (χ4n) is 1.79. The Labute approximate surface area is 103 Å². The van der Waals surface area contributed by atoms with Gasteiger partial charge in [0.1, 0.15) is 5.82 Å². The Kier molecular flexibility index (Phi) is 3.74. The Hall–Kier alpha value is -1.52. The molecule has 0 aliphatic rings. The van der Waals surface area contributed by atoms with Crippen molar-refractivity contribution in [1.82, 2.24) is 0 Å². The summed E-state index contributed by atoms with van der Waals surface area (Å²) in [6.45, 7) is 3.74. The van der Waals surface area contributed by atoms with Crippen LogP contribution in [0.1, 0.15) is 38.3 Å². The standard InChI is InChI=1S/C13H15F3O2/c1-12(2,7-11(17)18)9-6-8(13(3,15)16)4-5-10(9)14/h4-6H,7H2,1-3H3,(H,17,18). The van der Waals surface area contributed by atoms with Gasteiger partial charge in [0, 0.05) is 17.9 Å². The van der Waals surface area contributed by atoms with Gasteiger partial charge in [-0.2, -0.15) is 0 Å². The fourth-order valence-corrected chi connectivity index (χ4v) is 1.79. The normalized spacial score (nSPS) is 12.6. The third-order valence-corrected chi connectivity index (χ3v) is 2.80. The maximum Gasteiger partial charge on any atom is 0.304 e. The Balaban J connectivity index is 3.27. The second-order valence-corrected chi connectivity index (χ2v) is 5.04. The zero-order valence-electron chi connectivity index (χ0n) is 10.4. The van der Waals surface area contributed by atoms with Gasteiger partial charge in [0.2, 0.25) is 0 Å². The van der Waals surface area contributed by atoms with E-state index in [9.17, 15) is 18.0 Å². The molecule has 0 atom stereocenters. The summed E-state index contributed by atoms with van der Waals surface area (Å²) in [6.07, 6.45) is -0.331. The van der Waals surface area contributed by atoms with Crippen molar-refractivity contribution in [2.75, 3.05) is 0 Å². The van der Waals surface area contributed by atoms with E-state index in [-0.39, 0.29) is 17.5 Å². The number of carbonyl (C=O) groups is 1. The Bertz CT molecular complexity index is 462. The van der Waals surface area contributed by atoms with E-state index in [0.29, 0.717) is 6.92 Å². The summed E-state index contributed by atoms with van der Waals surface area (Å²) >= 11 is 0. The monoisotopic (exact) mass is 260 g/mol. The van der Waals surface area contributed by atoms with Crippen LogP contribution in [0, 0.1) is 5.82 Å². The van der Waals surface area contributed by atoms with Gasteiger partial charge in [-0.05, 0) is 17.7 Å². The summed E-state index contributed by atoms with van der Waals surface area (Å²) in [7, 11) is 0. The van der Waals surface area contributed by atoms with Gasteiger partial charge in [0.15, 0.2) is 0 Å². The van der Waals surface area contributed by atoms with E-state index in [0.717, 1.165) is 18.2 Å². The van der Waals surface area contributed by atoms with Crippen LogP contribution in [0.5, 0.6) is 0 Å². The molecule has 0 fully saturated rings. The first kappa shape index (κ1) is 14.5. The molecule has 0 bridgehead atoms. The molecule has 100 valence electrons. The largest absolute Gasteiger partial charge is 0.481 e. The third-order valence-electron chi connectivity index (χ3n) is 2.80. The van der Waals surface area contributed by atoms with Gasteiger partial charge >= 0.3 is 5.97 Å². The minimum absolute atomic E-state index is 0.0103. The molecule has 1 rings (SSSR count). The number of hydrogen-bond acceptors (Lipinski definition) is 1. The van der Waals surface area contributed by atoms with Crippen LogP contribution < -0.4 is 0 Å².